The summed E-state index contributed by atoms with van der Waals surface area (Å²) in [5.74, 6) is 1.25. The van der Waals surface area contributed by atoms with Gasteiger partial charge in [-0.1, -0.05) is 19.3 Å². The molecular formula is C9H17NO2S. The third-order valence-corrected chi connectivity index (χ3v) is 5.97. The quantitative estimate of drug-likeness (QED) is 0.728. The van der Waals surface area contributed by atoms with Gasteiger partial charge < -0.3 is 5.73 Å². The summed E-state index contributed by atoms with van der Waals surface area (Å²) >= 11 is 0. The molecule has 1 heterocycles. The van der Waals surface area contributed by atoms with Crippen LogP contribution in [0.15, 0.2) is 0 Å². The van der Waals surface area contributed by atoms with Gasteiger partial charge in [-0.05, 0) is 24.8 Å². The standard InChI is InChI=1S/C9H17NO2S/c10-6-8(7-2-1-3-7)9-4-5-13(9,11)12/h7-9H,1-6,10H2. The first-order valence-electron chi connectivity index (χ1n) is 5.07. The molecular weight excluding hydrogens is 186 g/mol. The maximum Gasteiger partial charge on any atom is 0.153 e. The first kappa shape index (κ1) is 9.46. The number of nitrogens with two attached hydrogens (primary N) is 1. The van der Waals surface area contributed by atoms with Crippen molar-refractivity contribution in [3.63, 3.8) is 0 Å². The number of sulfone groups is 1. The molecule has 2 rings (SSSR count). The molecule has 0 amide bonds. The van der Waals surface area contributed by atoms with E-state index in [1.54, 1.807) is 0 Å². The molecule has 1 saturated carbocycles. The molecule has 76 valence electrons. The molecule has 0 aromatic carbocycles. The van der Waals surface area contributed by atoms with Crippen molar-refractivity contribution in [3.05, 3.63) is 0 Å². The van der Waals surface area contributed by atoms with Gasteiger partial charge >= 0.3 is 0 Å². The molecule has 3 nitrogen and oxygen atoms in total. The van der Waals surface area contributed by atoms with Crippen molar-refractivity contribution in [1.82, 2.24) is 0 Å². The van der Waals surface area contributed by atoms with Crippen LogP contribution in [-0.4, -0.2) is 26.0 Å². The third kappa shape index (κ3) is 1.50. The van der Waals surface area contributed by atoms with Gasteiger partial charge in [0.2, 0.25) is 0 Å². The smallest absolute Gasteiger partial charge is 0.153 e. The lowest BCUT2D eigenvalue weighted by atomic mass is 9.74. The van der Waals surface area contributed by atoms with Crippen molar-refractivity contribution in [2.75, 3.05) is 12.3 Å². The van der Waals surface area contributed by atoms with E-state index in [1.807, 2.05) is 0 Å². The molecule has 4 heteroatoms. The summed E-state index contributed by atoms with van der Waals surface area (Å²) in [5.41, 5.74) is 5.65. The van der Waals surface area contributed by atoms with Crippen molar-refractivity contribution in [1.29, 1.82) is 0 Å². The van der Waals surface area contributed by atoms with Gasteiger partial charge in [-0.25, -0.2) is 8.42 Å². The van der Waals surface area contributed by atoms with E-state index < -0.39 is 9.84 Å². The largest absolute Gasteiger partial charge is 0.330 e. The van der Waals surface area contributed by atoms with Gasteiger partial charge in [-0.2, -0.15) is 0 Å². The Labute approximate surface area is 79.6 Å². The molecule has 13 heavy (non-hydrogen) atoms. The first-order chi connectivity index (χ1) is 6.15. The molecule has 2 fully saturated rings. The number of rotatable bonds is 3. The van der Waals surface area contributed by atoms with Crippen molar-refractivity contribution in [2.45, 2.75) is 30.9 Å². The van der Waals surface area contributed by atoms with Crippen molar-refractivity contribution >= 4 is 9.84 Å². The lowest BCUT2D eigenvalue weighted by Crippen LogP contribution is -2.49. The maximum absolute atomic E-state index is 11.4. The lowest BCUT2D eigenvalue weighted by Gasteiger charge is -2.41. The second-order valence-corrected chi connectivity index (χ2v) is 6.62. The molecule has 1 saturated heterocycles. The minimum atomic E-state index is -2.73. The van der Waals surface area contributed by atoms with E-state index in [1.165, 1.54) is 19.3 Å². The predicted molar refractivity (Wildman–Crippen MR) is 52.1 cm³/mol. The monoisotopic (exact) mass is 203 g/mol. The predicted octanol–water partition coefficient (Wildman–Crippen LogP) is 0.549. The number of hydrogen-bond acceptors (Lipinski definition) is 3. The summed E-state index contributed by atoms with van der Waals surface area (Å²) in [6.07, 6.45) is 4.48. The molecule has 0 spiro atoms. The minimum absolute atomic E-state index is 0.0946. The maximum atomic E-state index is 11.4. The van der Waals surface area contributed by atoms with Gasteiger partial charge in [0.25, 0.3) is 0 Å². The van der Waals surface area contributed by atoms with E-state index in [4.69, 9.17) is 5.73 Å². The Kier molecular flexibility index (Phi) is 2.36. The molecule has 1 aliphatic carbocycles. The molecule has 1 aliphatic heterocycles. The Morgan fingerprint density at radius 1 is 1.31 bits per heavy atom. The van der Waals surface area contributed by atoms with Crippen LogP contribution in [-0.2, 0) is 9.84 Å². The fraction of sp³-hybridized carbons (Fsp3) is 1.00. The Hall–Kier alpha value is -0.0900. The zero-order valence-corrected chi connectivity index (χ0v) is 8.59. The molecule has 0 bridgehead atoms. The van der Waals surface area contributed by atoms with Crippen molar-refractivity contribution < 1.29 is 8.42 Å². The summed E-state index contributed by atoms with van der Waals surface area (Å²) < 4.78 is 22.8. The molecule has 2 aliphatic rings. The lowest BCUT2D eigenvalue weighted by molar-refractivity contribution is 0.196. The SMILES string of the molecule is NCC(C1CCC1)C1CCS1(=O)=O. The van der Waals surface area contributed by atoms with Crippen molar-refractivity contribution in [3.8, 4) is 0 Å². The third-order valence-electron chi connectivity index (χ3n) is 3.65. The summed E-state index contributed by atoms with van der Waals surface area (Å²) in [4.78, 5) is 0. The zero-order chi connectivity index (χ0) is 9.47. The normalized spacial score (nSPS) is 34.7. The average Bonchev–Trinajstić information content (AvgIpc) is 1.98. The fourth-order valence-electron chi connectivity index (χ4n) is 2.44. The van der Waals surface area contributed by atoms with Crippen LogP contribution in [0.1, 0.15) is 25.7 Å². The summed E-state index contributed by atoms with van der Waals surface area (Å²) in [6, 6.07) is 0. The van der Waals surface area contributed by atoms with Crippen LogP contribution in [0, 0.1) is 11.8 Å². The van der Waals surface area contributed by atoms with E-state index >= 15 is 0 Å². The van der Waals surface area contributed by atoms with Crippen LogP contribution in [0.25, 0.3) is 0 Å². The Morgan fingerprint density at radius 2 is 2.00 bits per heavy atom. The highest BCUT2D eigenvalue weighted by molar-refractivity contribution is 7.93. The second-order valence-electron chi connectivity index (χ2n) is 4.28. The van der Waals surface area contributed by atoms with Crippen LogP contribution in [0.4, 0.5) is 0 Å². The van der Waals surface area contributed by atoms with Crippen LogP contribution in [0.2, 0.25) is 0 Å². The zero-order valence-electron chi connectivity index (χ0n) is 7.78. The average molecular weight is 203 g/mol. The highest BCUT2D eigenvalue weighted by atomic mass is 32.2. The van der Waals surface area contributed by atoms with Crippen LogP contribution < -0.4 is 5.73 Å². The van der Waals surface area contributed by atoms with E-state index in [9.17, 15) is 8.42 Å². The molecule has 0 radical (unpaired) electrons. The van der Waals surface area contributed by atoms with Gasteiger partial charge in [0.1, 0.15) is 0 Å². The summed E-state index contributed by atoms with van der Waals surface area (Å²) in [7, 11) is -2.73. The fourth-order valence-corrected chi connectivity index (χ4v) is 4.20. The Balaban J connectivity index is 2.04. The van der Waals surface area contributed by atoms with Crippen LogP contribution in [0.5, 0.6) is 0 Å². The van der Waals surface area contributed by atoms with Gasteiger partial charge in [-0.15, -0.1) is 0 Å². The van der Waals surface area contributed by atoms with Gasteiger partial charge in [0.05, 0.1) is 11.0 Å². The summed E-state index contributed by atoms with van der Waals surface area (Å²) in [6.45, 7) is 0.550. The second kappa shape index (κ2) is 3.24. The molecule has 2 atom stereocenters. The Morgan fingerprint density at radius 3 is 2.23 bits per heavy atom. The van der Waals surface area contributed by atoms with Gasteiger partial charge in [0, 0.05) is 0 Å². The highest BCUT2D eigenvalue weighted by Crippen LogP contribution is 2.40. The van der Waals surface area contributed by atoms with E-state index in [0.29, 0.717) is 18.2 Å². The highest BCUT2D eigenvalue weighted by Gasteiger charge is 2.44. The first-order valence-corrected chi connectivity index (χ1v) is 6.78. The minimum Gasteiger partial charge on any atom is -0.330 e. The van der Waals surface area contributed by atoms with Crippen molar-refractivity contribution in [2.24, 2.45) is 17.6 Å². The van der Waals surface area contributed by atoms with E-state index in [2.05, 4.69) is 0 Å². The van der Waals surface area contributed by atoms with Crippen LogP contribution >= 0.6 is 0 Å². The van der Waals surface area contributed by atoms with Gasteiger partial charge in [-0.3, -0.25) is 0 Å². The molecule has 0 aromatic rings. The molecule has 2 unspecified atom stereocenters. The Bertz CT molecular complexity index is 282. The molecule has 0 aromatic heterocycles. The van der Waals surface area contributed by atoms with Gasteiger partial charge in [0.15, 0.2) is 9.84 Å². The summed E-state index contributed by atoms with van der Waals surface area (Å²) in [5, 5.41) is -0.0946. The topological polar surface area (TPSA) is 60.2 Å². The van der Waals surface area contributed by atoms with E-state index in [-0.39, 0.29) is 11.2 Å². The van der Waals surface area contributed by atoms with E-state index in [0.717, 1.165) is 6.42 Å². The number of hydrogen-bond donors (Lipinski definition) is 1. The molecule has 2 N–H and O–H groups in total. The van der Waals surface area contributed by atoms with Crippen LogP contribution in [0.3, 0.4) is 0 Å².